The lowest BCUT2D eigenvalue weighted by Crippen LogP contribution is -2.71. The summed E-state index contributed by atoms with van der Waals surface area (Å²) in [6.07, 6.45) is 6.76. The Hall–Kier alpha value is -5.76. The largest absolute Gasteiger partial charge is 0.543 e. The number of thioether (sulfide) groups is 1. The number of thiazole rings is 1. The minimum atomic E-state index is -1.79. The lowest BCUT2D eigenvalue weighted by Gasteiger charge is -2.50. The number of hydrogen-bond acceptors (Lipinski definition) is 14. The Kier molecular flexibility index (Phi) is 8.59. The van der Waals surface area contributed by atoms with Crippen molar-refractivity contribution in [3.63, 3.8) is 0 Å². The highest BCUT2D eigenvalue weighted by Crippen LogP contribution is 2.40. The summed E-state index contributed by atoms with van der Waals surface area (Å²) < 4.78 is 9.09. The first-order chi connectivity index (χ1) is 23.2. The molecule has 6 heterocycles. The number of β-lactam (4-membered cyclic amide) rings is 1. The first kappa shape index (κ1) is 33.2. The molecule has 0 aliphatic carbocycles. The van der Waals surface area contributed by atoms with Gasteiger partial charge in [0, 0.05) is 29.0 Å². The topological polar surface area (TPSA) is 272 Å². The smallest absolute Gasteiger partial charge is 0.350 e. The molecule has 49 heavy (non-hydrogen) atoms. The number of nitrogens with one attached hydrogen (secondary N) is 2. The van der Waals surface area contributed by atoms with E-state index in [-0.39, 0.29) is 40.3 Å². The maximum Gasteiger partial charge on any atom is 0.350 e. The molecule has 4 aromatic heterocycles. The normalized spacial score (nSPS) is 17.9. The molecule has 0 aromatic carbocycles. The fraction of sp³-hybridized carbons (Fsp3) is 0.276. The maximum absolute atomic E-state index is 13.3. The maximum atomic E-state index is 13.3. The molecule has 0 radical (unpaired) electrons. The lowest BCUT2D eigenvalue weighted by atomic mass is 10.0. The van der Waals surface area contributed by atoms with Crippen LogP contribution in [0.25, 0.3) is 10.9 Å². The summed E-state index contributed by atoms with van der Waals surface area (Å²) in [7, 11) is 0. The van der Waals surface area contributed by atoms with Crippen LogP contribution in [0, 0.1) is 5.41 Å². The van der Waals surface area contributed by atoms with Crippen LogP contribution in [0.15, 0.2) is 63.2 Å². The Morgan fingerprint density at radius 2 is 2.08 bits per heavy atom. The standard InChI is InChI=1S/C29H28N10O8S2/c1-29(2,27(44)45)47-36-19(16-12-49-28(32)34-16)23(40)35-20-24(41)39-21(26(42)43)14(11-48-25(20)39)8-37-5-4-17-13(7-37)3-6-38(17)9-18-33-15(10-46-18)22(30)31/h3-7,10,12,20,25H,8-9,11H2,1-2H3,(H7-,30,31,32,34,35,40,42,43,44,45)/t20-,25-/m1/s1. The van der Waals surface area contributed by atoms with E-state index in [1.807, 2.05) is 29.1 Å². The van der Waals surface area contributed by atoms with Crippen LogP contribution in [0.4, 0.5) is 5.13 Å². The predicted molar refractivity (Wildman–Crippen MR) is 172 cm³/mol. The number of aromatic nitrogens is 4. The lowest BCUT2D eigenvalue weighted by molar-refractivity contribution is -0.687. The Bertz CT molecular complexity index is 2100. The molecule has 4 aromatic rings. The molecular weight excluding hydrogens is 681 g/mol. The van der Waals surface area contributed by atoms with Crippen molar-refractivity contribution in [1.29, 1.82) is 5.41 Å². The zero-order valence-corrected chi connectivity index (χ0v) is 27.4. The fourth-order valence-corrected chi connectivity index (χ4v) is 6.99. The number of amides is 2. The number of oxime groups is 1. The number of nitrogen functional groups attached to an aromatic ring is 2. The first-order valence-electron chi connectivity index (χ1n) is 14.4. The molecule has 2 amide bonds. The van der Waals surface area contributed by atoms with Crippen molar-refractivity contribution in [2.45, 2.75) is 44.0 Å². The highest BCUT2D eigenvalue weighted by molar-refractivity contribution is 8.00. The fourth-order valence-electron chi connectivity index (χ4n) is 5.10. The second kappa shape index (κ2) is 12.7. The molecule has 20 heteroatoms. The summed E-state index contributed by atoms with van der Waals surface area (Å²) in [4.78, 5) is 65.0. The summed E-state index contributed by atoms with van der Waals surface area (Å²) >= 11 is 2.27. The zero-order chi connectivity index (χ0) is 35.2. The van der Waals surface area contributed by atoms with E-state index in [1.54, 1.807) is 10.8 Å². The molecule has 2 aliphatic heterocycles. The van der Waals surface area contributed by atoms with E-state index in [0.717, 1.165) is 27.1 Å². The molecule has 18 nitrogen and oxygen atoms in total. The Morgan fingerprint density at radius 1 is 1.31 bits per heavy atom. The SMILES string of the molecule is CC(C)(ON=C(C(=O)N[C@@H]1C(=O)N2C(C(=O)[O-])=C(C[n+]3ccc4c(ccn4Cc4nc(C(=N)N)co4)c3)CS[C@H]12)c1csc(N)n1)C(=O)O. The van der Waals surface area contributed by atoms with Crippen molar-refractivity contribution >= 4 is 74.4 Å². The summed E-state index contributed by atoms with van der Waals surface area (Å²) in [5, 5.41) is 37.1. The van der Waals surface area contributed by atoms with Crippen molar-refractivity contribution in [3.05, 3.63) is 70.9 Å². The number of carbonyl (C=O) groups is 4. The van der Waals surface area contributed by atoms with E-state index in [9.17, 15) is 29.4 Å². The molecule has 0 spiro atoms. The number of pyridine rings is 1. The highest BCUT2D eigenvalue weighted by atomic mass is 32.2. The predicted octanol–water partition coefficient (Wildman–Crippen LogP) is -1.02. The number of carboxylic acid groups (broad SMARTS) is 2. The van der Waals surface area contributed by atoms with Crippen LogP contribution in [0.3, 0.4) is 0 Å². The first-order valence-corrected chi connectivity index (χ1v) is 16.3. The third kappa shape index (κ3) is 6.42. The molecule has 2 aliphatic rings. The van der Waals surface area contributed by atoms with Gasteiger partial charge in [-0.3, -0.25) is 19.9 Å². The quantitative estimate of drug-likeness (QED) is 0.0388. The molecule has 0 bridgehead atoms. The van der Waals surface area contributed by atoms with Gasteiger partial charge < -0.3 is 45.6 Å². The zero-order valence-electron chi connectivity index (χ0n) is 25.8. The van der Waals surface area contributed by atoms with E-state index >= 15 is 0 Å². The van der Waals surface area contributed by atoms with E-state index in [4.69, 9.17) is 26.1 Å². The number of aliphatic carboxylic acids is 2. The number of hydrogen-bond donors (Lipinski definition) is 5. The van der Waals surface area contributed by atoms with Gasteiger partial charge in [0.25, 0.3) is 11.8 Å². The van der Waals surface area contributed by atoms with Crippen molar-refractivity contribution < 1.29 is 43.2 Å². The minimum absolute atomic E-state index is 0.00260. The number of nitrogens with two attached hydrogens (primary N) is 2. The molecule has 6 rings (SSSR count). The Balaban J connectivity index is 1.18. The molecular formula is C29H28N10O8S2. The van der Waals surface area contributed by atoms with Gasteiger partial charge in [-0.2, -0.15) is 0 Å². The third-order valence-electron chi connectivity index (χ3n) is 7.66. The summed E-state index contributed by atoms with van der Waals surface area (Å²) in [6, 6.07) is 2.59. The second-order valence-electron chi connectivity index (χ2n) is 11.5. The van der Waals surface area contributed by atoms with Gasteiger partial charge in [0.15, 0.2) is 29.8 Å². The van der Waals surface area contributed by atoms with Crippen molar-refractivity contribution in [3.8, 4) is 0 Å². The minimum Gasteiger partial charge on any atom is -0.543 e. The average molecular weight is 709 g/mol. The van der Waals surface area contributed by atoms with E-state index < -0.39 is 46.5 Å². The molecule has 7 N–H and O–H groups in total. The molecule has 2 atom stereocenters. The number of fused-ring (bicyclic) bond motifs is 2. The van der Waals surface area contributed by atoms with E-state index in [1.165, 1.54) is 37.3 Å². The monoisotopic (exact) mass is 708 g/mol. The van der Waals surface area contributed by atoms with Crippen LogP contribution in [-0.4, -0.2) is 82.6 Å². The molecule has 0 saturated carbocycles. The van der Waals surface area contributed by atoms with Crippen LogP contribution in [0.1, 0.15) is 31.1 Å². The number of carbonyl (C=O) groups excluding carboxylic acids is 3. The highest BCUT2D eigenvalue weighted by Gasteiger charge is 2.53. The number of nitrogens with zero attached hydrogens (tertiary/aromatic N) is 6. The Morgan fingerprint density at radius 3 is 2.73 bits per heavy atom. The van der Waals surface area contributed by atoms with Crippen LogP contribution in [0.5, 0.6) is 0 Å². The molecule has 0 unspecified atom stereocenters. The van der Waals surface area contributed by atoms with Gasteiger partial charge in [0.05, 0.1) is 29.1 Å². The summed E-state index contributed by atoms with van der Waals surface area (Å²) in [5.41, 5.74) is 10.2. The number of oxazole rings is 1. The van der Waals surface area contributed by atoms with Gasteiger partial charge in [0.2, 0.25) is 11.5 Å². The second-order valence-corrected chi connectivity index (χ2v) is 13.5. The summed E-state index contributed by atoms with van der Waals surface area (Å²) in [5.74, 6) is -4.05. The van der Waals surface area contributed by atoms with Gasteiger partial charge in [-0.15, -0.1) is 23.1 Å². The Labute approximate surface area is 284 Å². The van der Waals surface area contributed by atoms with Crippen molar-refractivity contribution in [2.24, 2.45) is 10.9 Å². The third-order valence-corrected chi connectivity index (χ3v) is 9.68. The van der Waals surface area contributed by atoms with Crippen LogP contribution < -0.4 is 26.5 Å². The molecule has 1 saturated heterocycles. The van der Waals surface area contributed by atoms with Gasteiger partial charge in [-0.05, 0) is 19.9 Å². The number of amidine groups is 1. The van der Waals surface area contributed by atoms with Crippen LogP contribution in [0.2, 0.25) is 0 Å². The average Bonchev–Trinajstić information content (AvgIpc) is 3.80. The number of carboxylic acids is 2. The van der Waals surface area contributed by atoms with Gasteiger partial charge in [0.1, 0.15) is 34.9 Å². The van der Waals surface area contributed by atoms with Crippen molar-refractivity contribution in [2.75, 3.05) is 11.5 Å². The van der Waals surface area contributed by atoms with Gasteiger partial charge >= 0.3 is 5.97 Å². The van der Waals surface area contributed by atoms with Crippen LogP contribution >= 0.6 is 23.1 Å². The summed E-state index contributed by atoms with van der Waals surface area (Å²) in [6.45, 7) is 2.92. The number of rotatable bonds is 12. The molecule has 1 fully saturated rings. The van der Waals surface area contributed by atoms with E-state index in [2.05, 4.69) is 20.4 Å². The molecule has 254 valence electrons. The van der Waals surface area contributed by atoms with Crippen molar-refractivity contribution in [1.82, 2.24) is 24.8 Å². The number of anilines is 1. The van der Waals surface area contributed by atoms with Gasteiger partial charge in [-0.1, -0.05) is 5.16 Å². The van der Waals surface area contributed by atoms with Gasteiger partial charge in [-0.25, -0.2) is 19.3 Å². The van der Waals surface area contributed by atoms with Crippen LogP contribution in [-0.2, 0) is 37.1 Å². The van der Waals surface area contributed by atoms with E-state index in [0.29, 0.717) is 18.0 Å².